The fraction of sp³-hybridized carbons (Fsp3) is 0.500. The Morgan fingerprint density at radius 1 is 1.41 bits per heavy atom. The highest BCUT2D eigenvalue weighted by Crippen LogP contribution is 2.51. The van der Waals surface area contributed by atoms with Gasteiger partial charge in [0.1, 0.15) is 6.61 Å². The Hall–Kier alpha value is -2.35. The third-order valence-corrected chi connectivity index (χ3v) is 5.15. The molecule has 4 rings (SSSR count). The topological polar surface area (TPSA) is 119 Å². The van der Waals surface area contributed by atoms with Gasteiger partial charge in [-0.05, 0) is 7.05 Å². The van der Waals surface area contributed by atoms with E-state index in [-0.39, 0.29) is 41.9 Å². The molecule has 8 nitrogen and oxygen atoms in total. The first-order valence-corrected chi connectivity index (χ1v) is 7.13. The number of rotatable bonds is 2. The zero-order valence-electron chi connectivity index (χ0n) is 12.0. The van der Waals surface area contributed by atoms with E-state index < -0.39 is 6.09 Å². The van der Waals surface area contributed by atoms with Gasteiger partial charge in [0.25, 0.3) is 0 Å². The molecule has 3 aliphatic heterocycles. The molecule has 0 aromatic rings. The first-order valence-electron chi connectivity index (χ1n) is 7.13. The second-order valence-corrected chi connectivity index (χ2v) is 6.16. The van der Waals surface area contributed by atoms with Crippen LogP contribution in [0.5, 0.6) is 0 Å². The summed E-state index contributed by atoms with van der Waals surface area (Å²) in [7, 11) is 2.01. The third kappa shape index (κ3) is 1.52. The number of nitrogens with zero attached hydrogens (tertiary/aromatic N) is 2. The summed E-state index contributed by atoms with van der Waals surface area (Å²) < 4.78 is 4.94. The monoisotopic (exact) mass is 304 g/mol. The van der Waals surface area contributed by atoms with Crippen molar-refractivity contribution < 1.29 is 19.1 Å². The molecule has 116 valence electrons. The smallest absolute Gasteiger partial charge is 0.404 e. The van der Waals surface area contributed by atoms with Gasteiger partial charge in [-0.2, -0.15) is 0 Å². The summed E-state index contributed by atoms with van der Waals surface area (Å²) in [6.45, 7) is 0.684. The molecule has 0 aromatic heterocycles. The highest BCUT2D eigenvalue weighted by Gasteiger charge is 2.65. The number of Topliss-reactive ketones (excluding diaryl/α,β-unsaturated/α-hetero) is 1. The number of amides is 1. The molecule has 0 radical (unpaired) electrons. The summed E-state index contributed by atoms with van der Waals surface area (Å²) in [6, 6.07) is 0.585. The first-order chi connectivity index (χ1) is 10.4. The number of fused-ring (bicyclic) bond motifs is 4. The highest BCUT2D eigenvalue weighted by molar-refractivity contribution is 6.23. The van der Waals surface area contributed by atoms with Gasteiger partial charge < -0.3 is 21.1 Å². The van der Waals surface area contributed by atoms with Gasteiger partial charge in [-0.3, -0.25) is 14.5 Å². The Morgan fingerprint density at radius 3 is 2.82 bits per heavy atom. The summed E-state index contributed by atoms with van der Waals surface area (Å²) in [6.07, 6.45) is 0.292. The molecule has 0 aromatic carbocycles. The summed E-state index contributed by atoms with van der Waals surface area (Å²) in [4.78, 5) is 39.9. The van der Waals surface area contributed by atoms with E-state index in [2.05, 4.69) is 4.90 Å². The fourth-order valence-corrected chi connectivity index (χ4v) is 4.17. The van der Waals surface area contributed by atoms with Crippen LogP contribution in [0.15, 0.2) is 23.0 Å². The SMILES string of the molecule is CN1C2CN3C4=C(C(=O)C(N)=CC4=O)C(COC(N)=O)C3C21. The maximum Gasteiger partial charge on any atom is 0.404 e. The lowest BCUT2D eigenvalue weighted by atomic mass is 9.86. The van der Waals surface area contributed by atoms with E-state index in [1.165, 1.54) is 6.08 Å². The van der Waals surface area contributed by atoms with Gasteiger partial charge >= 0.3 is 6.09 Å². The molecule has 0 bridgehead atoms. The van der Waals surface area contributed by atoms with E-state index in [0.717, 1.165) is 0 Å². The second kappa shape index (κ2) is 4.10. The van der Waals surface area contributed by atoms with Crippen molar-refractivity contribution in [2.24, 2.45) is 17.4 Å². The van der Waals surface area contributed by atoms with Crippen LogP contribution in [-0.4, -0.2) is 65.8 Å². The van der Waals surface area contributed by atoms with Crippen molar-refractivity contribution in [3.05, 3.63) is 23.0 Å². The van der Waals surface area contributed by atoms with Crippen molar-refractivity contribution >= 4 is 17.7 Å². The number of nitrogens with two attached hydrogens (primary N) is 2. The van der Waals surface area contributed by atoms with Crippen LogP contribution in [0.4, 0.5) is 4.79 Å². The molecule has 22 heavy (non-hydrogen) atoms. The maximum atomic E-state index is 12.4. The summed E-state index contributed by atoms with van der Waals surface area (Å²) in [5.41, 5.74) is 11.4. The number of hydrogen-bond acceptors (Lipinski definition) is 7. The van der Waals surface area contributed by atoms with E-state index in [0.29, 0.717) is 23.9 Å². The Kier molecular flexibility index (Phi) is 2.48. The van der Waals surface area contributed by atoms with Gasteiger partial charge in [-0.25, -0.2) is 4.79 Å². The van der Waals surface area contributed by atoms with E-state index in [9.17, 15) is 14.4 Å². The van der Waals surface area contributed by atoms with Crippen LogP contribution in [0, 0.1) is 5.92 Å². The van der Waals surface area contributed by atoms with Gasteiger partial charge in [0.15, 0.2) is 0 Å². The molecule has 2 saturated heterocycles. The van der Waals surface area contributed by atoms with Gasteiger partial charge in [-0.1, -0.05) is 0 Å². The van der Waals surface area contributed by atoms with E-state index in [4.69, 9.17) is 16.2 Å². The molecular formula is C14H16N4O4. The average Bonchev–Trinajstić information content (AvgIpc) is 2.83. The third-order valence-electron chi connectivity index (χ3n) is 5.15. The van der Waals surface area contributed by atoms with Crippen molar-refractivity contribution in [2.75, 3.05) is 20.2 Å². The number of primary amides is 1. The lowest BCUT2D eigenvalue weighted by Crippen LogP contribution is -2.40. The molecule has 4 aliphatic rings. The number of ketones is 2. The standard InChI is InChI=1S/C14H16N4O4/c1-17-7-3-18-10(11(7)17)5(4-22-14(16)21)9-12(18)8(19)2-6(15)13(9)20/h2,5,7,10-11H,3-4,15H2,1H3,(H2,16,21). The molecule has 1 aliphatic carbocycles. The van der Waals surface area contributed by atoms with Crippen LogP contribution < -0.4 is 11.5 Å². The molecule has 3 heterocycles. The summed E-state index contributed by atoms with van der Waals surface area (Å²) in [5, 5.41) is 0. The van der Waals surface area contributed by atoms with Crippen molar-refractivity contribution in [3.63, 3.8) is 0 Å². The normalized spacial score (nSPS) is 38.5. The zero-order valence-corrected chi connectivity index (χ0v) is 12.0. The molecule has 8 heteroatoms. The number of carbonyl (C=O) groups excluding carboxylic acids is 3. The minimum atomic E-state index is -0.891. The Morgan fingerprint density at radius 2 is 2.14 bits per heavy atom. The fourth-order valence-electron chi connectivity index (χ4n) is 4.17. The lowest BCUT2D eigenvalue weighted by molar-refractivity contribution is -0.116. The van der Waals surface area contributed by atoms with Crippen molar-refractivity contribution in [1.82, 2.24) is 9.80 Å². The van der Waals surface area contributed by atoms with Crippen LogP contribution in [0.25, 0.3) is 0 Å². The van der Waals surface area contributed by atoms with Crippen molar-refractivity contribution in [3.8, 4) is 0 Å². The Bertz CT molecular complexity index is 682. The molecule has 0 saturated carbocycles. The van der Waals surface area contributed by atoms with Crippen LogP contribution in [0.1, 0.15) is 0 Å². The first kappa shape index (κ1) is 13.3. The number of carbonyl (C=O) groups is 3. The number of hydrogen-bond donors (Lipinski definition) is 2. The largest absolute Gasteiger partial charge is 0.449 e. The Labute approximate surface area is 126 Å². The molecule has 1 amide bonds. The molecule has 5 atom stereocenters. The lowest BCUT2D eigenvalue weighted by Gasteiger charge is -2.28. The summed E-state index contributed by atoms with van der Waals surface area (Å²) >= 11 is 0. The molecule has 2 fully saturated rings. The van der Waals surface area contributed by atoms with Gasteiger partial charge in [0.05, 0.1) is 17.4 Å². The quantitative estimate of drug-likeness (QED) is 0.462. The molecule has 0 spiro atoms. The molecule has 4 N–H and O–H groups in total. The highest BCUT2D eigenvalue weighted by atomic mass is 16.5. The summed E-state index contributed by atoms with van der Waals surface area (Å²) in [5.74, 6) is -0.962. The Balaban J connectivity index is 1.74. The van der Waals surface area contributed by atoms with Crippen LogP contribution in [0.3, 0.4) is 0 Å². The number of likely N-dealkylation sites (N-methyl/N-ethyl adjacent to an activating group) is 1. The minimum Gasteiger partial charge on any atom is -0.449 e. The van der Waals surface area contributed by atoms with E-state index >= 15 is 0 Å². The van der Waals surface area contributed by atoms with Gasteiger partial charge in [0.2, 0.25) is 11.6 Å². The zero-order chi connectivity index (χ0) is 15.8. The van der Waals surface area contributed by atoms with Crippen molar-refractivity contribution in [1.29, 1.82) is 0 Å². The molecule has 5 unspecified atom stereocenters. The van der Waals surface area contributed by atoms with Crippen molar-refractivity contribution in [2.45, 2.75) is 18.1 Å². The van der Waals surface area contributed by atoms with Gasteiger partial charge in [-0.15, -0.1) is 0 Å². The van der Waals surface area contributed by atoms with E-state index in [1.807, 2.05) is 11.9 Å². The van der Waals surface area contributed by atoms with Crippen LogP contribution in [-0.2, 0) is 14.3 Å². The van der Waals surface area contributed by atoms with Crippen LogP contribution >= 0.6 is 0 Å². The van der Waals surface area contributed by atoms with E-state index in [1.54, 1.807) is 0 Å². The second-order valence-electron chi connectivity index (χ2n) is 6.16. The van der Waals surface area contributed by atoms with Crippen LogP contribution in [0.2, 0.25) is 0 Å². The number of piperazine rings is 1. The molecular weight excluding hydrogens is 288 g/mol. The number of allylic oxidation sites excluding steroid dienone is 2. The predicted molar refractivity (Wildman–Crippen MR) is 74.2 cm³/mol. The average molecular weight is 304 g/mol. The maximum absolute atomic E-state index is 12.4. The minimum absolute atomic E-state index is 0.0152. The van der Waals surface area contributed by atoms with Gasteiger partial charge in [0, 0.05) is 36.2 Å². The number of ether oxygens (including phenoxy) is 1. The predicted octanol–water partition coefficient (Wildman–Crippen LogP) is -1.67.